The molecule has 1 amide bonds. The number of anilines is 1. The summed E-state index contributed by atoms with van der Waals surface area (Å²) < 4.78 is 41.5. The lowest BCUT2D eigenvalue weighted by Gasteiger charge is -2.22. The monoisotopic (exact) mass is 387 g/mol. The number of amides is 1. The van der Waals surface area contributed by atoms with Gasteiger partial charge in [-0.05, 0) is 43.2 Å². The molecule has 1 heterocycles. The van der Waals surface area contributed by atoms with Crippen molar-refractivity contribution in [3.63, 3.8) is 0 Å². The summed E-state index contributed by atoms with van der Waals surface area (Å²) in [4.78, 5) is 12.4. The van der Waals surface area contributed by atoms with Gasteiger partial charge in [-0.3, -0.25) is 9.48 Å². The lowest BCUT2D eigenvalue weighted by atomic mass is 9.95. The maximum Gasteiger partial charge on any atom is 0.417 e. The van der Waals surface area contributed by atoms with Crippen LogP contribution in [0.4, 0.5) is 18.9 Å². The van der Waals surface area contributed by atoms with Crippen LogP contribution in [0.1, 0.15) is 54.1 Å². The van der Waals surface area contributed by atoms with Gasteiger partial charge in [-0.25, -0.2) is 0 Å². The molecule has 7 heteroatoms. The van der Waals surface area contributed by atoms with E-state index in [2.05, 4.69) is 10.4 Å². The zero-order valence-corrected chi connectivity index (χ0v) is 15.2. The topological polar surface area (TPSA) is 46.9 Å². The lowest BCUT2D eigenvalue weighted by molar-refractivity contribution is -0.137. The molecule has 1 aliphatic carbocycles. The van der Waals surface area contributed by atoms with Gasteiger partial charge in [-0.1, -0.05) is 31.4 Å². The Kier molecular flexibility index (Phi) is 4.83. The first kappa shape index (κ1) is 18.5. The van der Waals surface area contributed by atoms with Crippen LogP contribution in [0, 0.1) is 0 Å². The molecule has 28 heavy (non-hydrogen) atoms. The van der Waals surface area contributed by atoms with Gasteiger partial charge in [0.1, 0.15) is 0 Å². The average Bonchev–Trinajstić information content (AvgIpc) is 3.11. The standard InChI is InChI=1S/C21H20F3N3O/c22-21(23,24)18-9-5-4-8-17(18)20(28)26-15-10-11-19-14(12-15)13-25-27(19)16-6-2-1-3-7-16/h4-5,8-13,16H,1-3,6-7H2,(H,26,28). The molecule has 146 valence electrons. The second-order valence-electron chi connectivity index (χ2n) is 7.15. The number of aromatic nitrogens is 2. The first-order chi connectivity index (χ1) is 13.4. The molecule has 1 aliphatic rings. The number of carbonyl (C=O) groups is 1. The van der Waals surface area contributed by atoms with Crippen molar-refractivity contribution in [2.45, 2.75) is 44.3 Å². The first-order valence-corrected chi connectivity index (χ1v) is 9.38. The number of benzene rings is 2. The van der Waals surface area contributed by atoms with Crippen molar-refractivity contribution in [3.8, 4) is 0 Å². The van der Waals surface area contributed by atoms with Crippen LogP contribution in [0.25, 0.3) is 10.9 Å². The molecule has 0 radical (unpaired) electrons. The van der Waals surface area contributed by atoms with Crippen molar-refractivity contribution in [1.29, 1.82) is 0 Å². The molecule has 0 aliphatic heterocycles. The number of hydrogen-bond acceptors (Lipinski definition) is 2. The number of alkyl halides is 3. The van der Waals surface area contributed by atoms with E-state index in [0.29, 0.717) is 11.7 Å². The highest BCUT2D eigenvalue weighted by atomic mass is 19.4. The molecule has 0 atom stereocenters. The van der Waals surface area contributed by atoms with Crippen LogP contribution < -0.4 is 5.32 Å². The van der Waals surface area contributed by atoms with Gasteiger partial charge in [0.2, 0.25) is 0 Å². The molecular formula is C21H20F3N3O. The fraction of sp³-hybridized carbons (Fsp3) is 0.333. The molecule has 0 bridgehead atoms. The quantitative estimate of drug-likeness (QED) is 0.616. The fourth-order valence-corrected chi connectivity index (χ4v) is 3.87. The van der Waals surface area contributed by atoms with E-state index in [9.17, 15) is 18.0 Å². The minimum atomic E-state index is -4.58. The van der Waals surface area contributed by atoms with E-state index >= 15 is 0 Å². The number of carbonyl (C=O) groups excluding carboxylic acids is 1. The summed E-state index contributed by atoms with van der Waals surface area (Å²) >= 11 is 0. The lowest BCUT2D eigenvalue weighted by Crippen LogP contribution is -2.18. The number of hydrogen-bond donors (Lipinski definition) is 1. The van der Waals surface area contributed by atoms with Crippen LogP contribution in [-0.4, -0.2) is 15.7 Å². The zero-order chi connectivity index (χ0) is 19.7. The highest BCUT2D eigenvalue weighted by Crippen LogP contribution is 2.33. The Balaban J connectivity index is 1.58. The summed E-state index contributed by atoms with van der Waals surface area (Å²) in [6, 6.07) is 10.5. The van der Waals surface area contributed by atoms with Crippen LogP contribution in [0.2, 0.25) is 0 Å². The normalized spacial score (nSPS) is 15.7. The summed E-state index contributed by atoms with van der Waals surface area (Å²) in [7, 11) is 0. The average molecular weight is 387 g/mol. The fourth-order valence-electron chi connectivity index (χ4n) is 3.87. The molecular weight excluding hydrogens is 367 g/mol. The van der Waals surface area contributed by atoms with E-state index in [-0.39, 0.29) is 0 Å². The molecule has 0 spiro atoms. The summed E-state index contributed by atoms with van der Waals surface area (Å²) in [5.41, 5.74) is 0.0740. The third kappa shape index (κ3) is 3.61. The summed E-state index contributed by atoms with van der Waals surface area (Å²) in [5.74, 6) is -0.785. The second kappa shape index (κ2) is 7.30. The van der Waals surface area contributed by atoms with Gasteiger partial charge in [0, 0.05) is 11.1 Å². The third-order valence-electron chi connectivity index (χ3n) is 5.25. The molecule has 4 nitrogen and oxygen atoms in total. The van der Waals surface area contributed by atoms with Crippen molar-refractivity contribution >= 4 is 22.5 Å². The molecule has 1 saturated carbocycles. The maximum absolute atomic E-state index is 13.1. The highest BCUT2D eigenvalue weighted by molar-refractivity contribution is 6.06. The Bertz CT molecular complexity index is 1000. The van der Waals surface area contributed by atoms with Crippen LogP contribution in [0.3, 0.4) is 0 Å². The van der Waals surface area contributed by atoms with Crippen molar-refractivity contribution < 1.29 is 18.0 Å². The van der Waals surface area contributed by atoms with Crippen molar-refractivity contribution in [3.05, 3.63) is 59.8 Å². The first-order valence-electron chi connectivity index (χ1n) is 9.38. The molecule has 4 rings (SSSR count). The van der Waals surface area contributed by atoms with Gasteiger partial charge >= 0.3 is 6.18 Å². The van der Waals surface area contributed by atoms with Crippen LogP contribution in [-0.2, 0) is 6.18 Å². The Morgan fingerprint density at radius 3 is 2.57 bits per heavy atom. The molecule has 0 unspecified atom stereocenters. The van der Waals surface area contributed by atoms with Crippen molar-refractivity contribution in [1.82, 2.24) is 9.78 Å². The van der Waals surface area contributed by atoms with Gasteiger partial charge in [0.25, 0.3) is 5.91 Å². The van der Waals surface area contributed by atoms with Crippen LogP contribution >= 0.6 is 0 Å². The van der Waals surface area contributed by atoms with Crippen LogP contribution in [0.15, 0.2) is 48.7 Å². The van der Waals surface area contributed by atoms with E-state index in [0.717, 1.165) is 29.8 Å². The zero-order valence-electron chi connectivity index (χ0n) is 15.2. The highest BCUT2D eigenvalue weighted by Gasteiger charge is 2.34. The summed E-state index contributed by atoms with van der Waals surface area (Å²) in [5, 5.41) is 7.93. The third-order valence-corrected chi connectivity index (χ3v) is 5.25. The van der Waals surface area contributed by atoms with Crippen molar-refractivity contribution in [2.24, 2.45) is 0 Å². The Hall–Kier alpha value is -2.83. The van der Waals surface area contributed by atoms with E-state index in [1.165, 1.54) is 37.5 Å². The molecule has 1 aromatic heterocycles. The Labute approximate surface area is 160 Å². The summed E-state index contributed by atoms with van der Waals surface area (Å²) in [6.07, 6.45) is 3.00. The minimum Gasteiger partial charge on any atom is -0.322 e. The second-order valence-corrected chi connectivity index (χ2v) is 7.15. The van der Waals surface area contributed by atoms with Gasteiger partial charge in [-0.2, -0.15) is 18.3 Å². The van der Waals surface area contributed by atoms with E-state index < -0.39 is 23.2 Å². The van der Waals surface area contributed by atoms with Gasteiger partial charge in [0.15, 0.2) is 0 Å². The molecule has 1 fully saturated rings. The molecule has 3 aromatic rings. The van der Waals surface area contributed by atoms with E-state index in [1.807, 2.05) is 10.7 Å². The van der Waals surface area contributed by atoms with Gasteiger partial charge in [0.05, 0.1) is 28.9 Å². The van der Waals surface area contributed by atoms with E-state index in [4.69, 9.17) is 0 Å². The predicted octanol–water partition coefficient (Wildman–Crippen LogP) is 5.81. The van der Waals surface area contributed by atoms with E-state index in [1.54, 1.807) is 18.3 Å². The number of fused-ring (bicyclic) bond motifs is 1. The maximum atomic E-state index is 13.1. The number of nitrogens with one attached hydrogen (secondary N) is 1. The number of halogens is 3. The smallest absolute Gasteiger partial charge is 0.322 e. The van der Waals surface area contributed by atoms with Gasteiger partial charge < -0.3 is 5.32 Å². The predicted molar refractivity (Wildman–Crippen MR) is 101 cm³/mol. The SMILES string of the molecule is O=C(Nc1ccc2c(cnn2C2CCCCC2)c1)c1ccccc1C(F)(F)F. The largest absolute Gasteiger partial charge is 0.417 e. The minimum absolute atomic E-state index is 0.380. The molecule has 2 aromatic carbocycles. The van der Waals surface area contributed by atoms with Crippen LogP contribution in [0.5, 0.6) is 0 Å². The summed E-state index contributed by atoms with van der Waals surface area (Å²) in [6.45, 7) is 0. The van der Waals surface area contributed by atoms with Gasteiger partial charge in [-0.15, -0.1) is 0 Å². The van der Waals surface area contributed by atoms with Crippen molar-refractivity contribution in [2.75, 3.05) is 5.32 Å². The number of rotatable bonds is 3. The Morgan fingerprint density at radius 2 is 1.82 bits per heavy atom. The molecule has 1 N–H and O–H groups in total. The number of nitrogens with zero attached hydrogens (tertiary/aromatic N) is 2. The molecule has 0 saturated heterocycles. The Morgan fingerprint density at radius 1 is 1.07 bits per heavy atom.